The molecule has 0 aliphatic carbocycles. The highest BCUT2D eigenvalue weighted by molar-refractivity contribution is 7.93. The van der Waals surface area contributed by atoms with Crippen molar-refractivity contribution in [1.29, 1.82) is 0 Å². The van der Waals surface area contributed by atoms with Gasteiger partial charge in [0.25, 0.3) is 0 Å². The first kappa shape index (κ1) is 18.1. The second-order valence-corrected chi connectivity index (χ2v) is 8.41. The Morgan fingerprint density at radius 3 is 2.29 bits per heavy atom. The molecule has 1 rings (SSSR count). The minimum absolute atomic E-state index is 0.0951. The van der Waals surface area contributed by atoms with Gasteiger partial charge in [-0.1, -0.05) is 19.1 Å². The molecule has 0 aromatic heterocycles. The molecule has 0 radical (unpaired) electrons. The Kier molecular flexibility index (Phi) is 5.94. The number of rotatable bonds is 7. The van der Waals surface area contributed by atoms with Crippen LogP contribution in [0.15, 0.2) is 29.2 Å². The molecule has 1 atom stereocenters. The highest BCUT2D eigenvalue weighted by atomic mass is 35.5. The number of sulfonamides is 1. The normalized spacial score (nSPS) is 14.1. The molecule has 0 amide bonds. The van der Waals surface area contributed by atoms with Gasteiger partial charge in [-0.3, -0.25) is 4.72 Å². The molecule has 120 valence electrons. The van der Waals surface area contributed by atoms with E-state index in [9.17, 15) is 25.6 Å². The van der Waals surface area contributed by atoms with E-state index in [-0.39, 0.29) is 17.6 Å². The fourth-order valence-corrected chi connectivity index (χ4v) is 4.18. The molecule has 0 aliphatic heterocycles. The Hall–Kier alpha value is -0.930. The van der Waals surface area contributed by atoms with Crippen molar-refractivity contribution in [3.8, 4) is 0 Å². The van der Waals surface area contributed by atoms with Crippen LogP contribution >= 0.6 is 11.6 Å². The summed E-state index contributed by atoms with van der Waals surface area (Å²) in [5.74, 6) is -4.26. The molecule has 5 nitrogen and oxygen atoms in total. The van der Waals surface area contributed by atoms with E-state index in [1.807, 2.05) is 4.72 Å². The van der Waals surface area contributed by atoms with Crippen molar-refractivity contribution in [2.75, 3.05) is 16.4 Å². The van der Waals surface area contributed by atoms with Crippen molar-refractivity contribution >= 4 is 37.1 Å². The minimum atomic E-state index is -4.90. The van der Waals surface area contributed by atoms with Gasteiger partial charge in [-0.2, -0.15) is 8.78 Å². The van der Waals surface area contributed by atoms with E-state index in [1.165, 1.54) is 12.1 Å². The third-order valence-electron chi connectivity index (χ3n) is 2.46. The number of halogens is 3. The van der Waals surface area contributed by atoms with E-state index in [0.717, 1.165) is 12.1 Å². The first-order valence-electron chi connectivity index (χ1n) is 5.77. The summed E-state index contributed by atoms with van der Waals surface area (Å²) in [5.41, 5.74) is -0.403. The lowest BCUT2D eigenvalue weighted by Crippen LogP contribution is -2.23. The van der Waals surface area contributed by atoms with E-state index in [4.69, 9.17) is 11.6 Å². The number of hydrogen-bond donors (Lipinski definition) is 1. The second-order valence-electron chi connectivity index (χ2n) is 4.44. The zero-order chi connectivity index (χ0) is 16.3. The first-order valence-corrected chi connectivity index (χ1v) is 9.51. The summed E-state index contributed by atoms with van der Waals surface area (Å²) in [6.07, 6.45) is 0. The van der Waals surface area contributed by atoms with E-state index in [0.29, 0.717) is 0 Å². The van der Waals surface area contributed by atoms with Gasteiger partial charge in [0.15, 0.2) is 0 Å². The lowest BCUT2D eigenvalue weighted by molar-refractivity contribution is 0.235. The van der Waals surface area contributed by atoms with Crippen molar-refractivity contribution in [1.82, 2.24) is 0 Å². The fourth-order valence-electron chi connectivity index (χ4n) is 1.52. The predicted molar refractivity (Wildman–Crippen MR) is 76.9 cm³/mol. The zero-order valence-corrected chi connectivity index (χ0v) is 13.4. The molecule has 0 aliphatic rings. The zero-order valence-electron chi connectivity index (χ0n) is 11.0. The number of nitrogens with one attached hydrogen (secondary N) is 1. The van der Waals surface area contributed by atoms with Crippen molar-refractivity contribution in [2.45, 2.75) is 17.6 Å². The van der Waals surface area contributed by atoms with Crippen molar-refractivity contribution in [2.24, 2.45) is 5.92 Å². The minimum Gasteiger partial charge on any atom is -0.282 e. The number of hydrogen-bond acceptors (Lipinski definition) is 4. The number of para-hydroxylation sites is 1. The lowest BCUT2D eigenvalue weighted by Gasteiger charge is -2.14. The van der Waals surface area contributed by atoms with Crippen LogP contribution in [0.3, 0.4) is 0 Å². The van der Waals surface area contributed by atoms with E-state index < -0.39 is 36.2 Å². The van der Waals surface area contributed by atoms with Crippen LogP contribution in [-0.4, -0.2) is 34.2 Å². The fraction of sp³-hybridized carbons (Fsp3) is 0.455. The van der Waals surface area contributed by atoms with Gasteiger partial charge in [-0.05, 0) is 18.1 Å². The Morgan fingerprint density at radius 2 is 1.76 bits per heavy atom. The summed E-state index contributed by atoms with van der Waals surface area (Å²) in [6.45, 7) is 1.59. The SMILES string of the molecule is CC(CCl)CS(=O)(=O)Nc1ccccc1S(=O)(=O)C(F)F. The summed E-state index contributed by atoms with van der Waals surface area (Å²) in [6, 6.07) is 4.60. The van der Waals surface area contributed by atoms with E-state index in [2.05, 4.69) is 0 Å². The molecule has 1 aromatic rings. The van der Waals surface area contributed by atoms with Crippen LogP contribution in [0.5, 0.6) is 0 Å². The highest BCUT2D eigenvalue weighted by Gasteiger charge is 2.30. The molecule has 0 bridgehead atoms. The van der Waals surface area contributed by atoms with Crippen molar-refractivity contribution < 1.29 is 25.6 Å². The quantitative estimate of drug-likeness (QED) is 0.756. The standard InChI is InChI=1S/C11H14ClF2NO4S2/c1-8(6-12)7-20(16,17)15-9-4-2-3-5-10(9)21(18,19)11(13)14/h2-5,8,11,15H,6-7H2,1H3. The van der Waals surface area contributed by atoms with Gasteiger partial charge in [0.2, 0.25) is 19.9 Å². The van der Waals surface area contributed by atoms with Crippen LogP contribution in [0.25, 0.3) is 0 Å². The molecule has 10 heteroatoms. The van der Waals surface area contributed by atoms with Gasteiger partial charge in [-0.25, -0.2) is 16.8 Å². The summed E-state index contributed by atoms with van der Waals surface area (Å²) < 4.78 is 74.0. The second kappa shape index (κ2) is 6.89. The maximum atomic E-state index is 12.6. The molecular formula is C11H14ClF2NO4S2. The maximum absolute atomic E-state index is 12.6. The van der Waals surface area contributed by atoms with Crippen LogP contribution in [0, 0.1) is 5.92 Å². The summed E-state index contributed by atoms with van der Waals surface area (Å²) in [5, 5.41) is 0. The highest BCUT2D eigenvalue weighted by Crippen LogP contribution is 2.27. The van der Waals surface area contributed by atoms with Gasteiger partial charge in [0.05, 0.1) is 16.3 Å². The van der Waals surface area contributed by atoms with Gasteiger partial charge in [0.1, 0.15) is 0 Å². The molecule has 0 saturated carbocycles. The van der Waals surface area contributed by atoms with Crippen molar-refractivity contribution in [3.63, 3.8) is 0 Å². The van der Waals surface area contributed by atoms with Gasteiger partial charge in [-0.15, -0.1) is 11.6 Å². The monoisotopic (exact) mass is 361 g/mol. The van der Waals surface area contributed by atoms with Gasteiger partial charge >= 0.3 is 5.76 Å². The molecule has 0 spiro atoms. The van der Waals surface area contributed by atoms with Crippen LogP contribution in [-0.2, 0) is 19.9 Å². The van der Waals surface area contributed by atoms with Crippen LogP contribution in [0.4, 0.5) is 14.5 Å². The number of sulfone groups is 1. The van der Waals surface area contributed by atoms with E-state index in [1.54, 1.807) is 6.92 Å². The smallest absolute Gasteiger partial charge is 0.282 e. The first-order chi connectivity index (χ1) is 9.60. The number of benzene rings is 1. The summed E-state index contributed by atoms with van der Waals surface area (Å²) in [7, 11) is -8.80. The molecule has 1 unspecified atom stereocenters. The molecule has 1 aromatic carbocycles. The third kappa shape index (κ3) is 4.79. The van der Waals surface area contributed by atoms with Gasteiger partial charge in [0, 0.05) is 5.88 Å². The van der Waals surface area contributed by atoms with Gasteiger partial charge < -0.3 is 0 Å². The Labute approximate surface area is 127 Å². The Morgan fingerprint density at radius 1 is 1.19 bits per heavy atom. The summed E-state index contributed by atoms with van der Waals surface area (Å²) >= 11 is 5.52. The Balaban J connectivity index is 3.17. The van der Waals surface area contributed by atoms with E-state index >= 15 is 0 Å². The number of alkyl halides is 3. The average molecular weight is 362 g/mol. The third-order valence-corrected chi connectivity index (χ3v) is 5.96. The largest absolute Gasteiger partial charge is 0.341 e. The van der Waals surface area contributed by atoms with Crippen LogP contribution in [0.1, 0.15) is 6.92 Å². The average Bonchev–Trinajstić information content (AvgIpc) is 2.37. The molecule has 0 heterocycles. The van der Waals surface area contributed by atoms with Crippen molar-refractivity contribution in [3.05, 3.63) is 24.3 Å². The van der Waals surface area contributed by atoms with Crippen LogP contribution in [0.2, 0.25) is 0 Å². The molecular weight excluding hydrogens is 348 g/mol. The predicted octanol–water partition coefficient (Wildman–Crippen LogP) is 2.30. The maximum Gasteiger partial charge on any atom is 0.341 e. The topological polar surface area (TPSA) is 80.3 Å². The summed E-state index contributed by atoms with van der Waals surface area (Å²) in [4.78, 5) is -0.762. The van der Waals surface area contributed by atoms with Crippen LogP contribution < -0.4 is 4.72 Å². The molecule has 21 heavy (non-hydrogen) atoms. The lowest BCUT2D eigenvalue weighted by atomic mass is 10.3. The molecule has 1 N–H and O–H groups in total. The Bertz CT molecular complexity index is 692. The number of anilines is 1. The molecule has 0 saturated heterocycles. The molecule has 0 fully saturated rings.